The van der Waals surface area contributed by atoms with Crippen molar-refractivity contribution in [3.8, 4) is 0 Å². The van der Waals surface area contributed by atoms with E-state index in [4.69, 9.17) is 4.55 Å². The van der Waals surface area contributed by atoms with E-state index in [2.05, 4.69) is 6.92 Å². The second-order valence-corrected chi connectivity index (χ2v) is 10.5. The van der Waals surface area contributed by atoms with Gasteiger partial charge in [0.1, 0.15) is 0 Å². The molecule has 0 aliphatic rings. The molecule has 0 radical (unpaired) electrons. The van der Waals surface area contributed by atoms with E-state index < -0.39 is 10.1 Å². The summed E-state index contributed by atoms with van der Waals surface area (Å²) in [6, 6.07) is 0. The van der Waals surface area contributed by atoms with E-state index in [1.54, 1.807) is 0 Å². The molecule has 0 aromatic carbocycles. The summed E-state index contributed by atoms with van der Waals surface area (Å²) in [6.07, 6.45) is 25.2. The average Bonchev–Trinajstić information content (AvgIpc) is 2.67. The molecule has 0 saturated carbocycles. The molecule has 29 heavy (non-hydrogen) atoms. The second kappa shape index (κ2) is 21.1. The number of aliphatic hydroxyl groups is 1. The van der Waals surface area contributed by atoms with Crippen LogP contribution in [0.5, 0.6) is 0 Å². The van der Waals surface area contributed by atoms with Gasteiger partial charge in [0.25, 0.3) is 10.1 Å². The number of hydrogen-bond acceptors (Lipinski definition) is 3. The Morgan fingerprint density at radius 1 is 0.552 bits per heavy atom. The first-order valence-corrected chi connectivity index (χ1v) is 14.2. The molecule has 0 amide bonds. The lowest BCUT2D eigenvalue weighted by Gasteiger charge is -2.10. The predicted octanol–water partition coefficient (Wildman–Crippen LogP) is 7.45. The molecule has 1 atom stereocenters. The van der Waals surface area contributed by atoms with E-state index in [1.165, 1.54) is 103 Å². The summed E-state index contributed by atoms with van der Waals surface area (Å²) in [5, 5.41) is 9.89. The van der Waals surface area contributed by atoms with Crippen LogP contribution in [0.15, 0.2) is 0 Å². The van der Waals surface area contributed by atoms with Crippen LogP contribution >= 0.6 is 0 Å². The van der Waals surface area contributed by atoms with Crippen molar-refractivity contribution in [3.63, 3.8) is 0 Å². The Balaban J connectivity index is 3.16. The largest absolute Gasteiger partial charge is 0.393 e. The molecule has 0 rings (SSSR count). The number of unbranched alkanes of at least 4 members (excludes halogenated alkanes) is 17. The van der Waals surface area contributed by atoms with Gasteiger partial charge in [-0.05, 0) is 25.7 Å². The lowest BCUT2D eigenvalue weighted by atomic mass is 10.0. The van der Waals surface area contributed by atoms with Crippen LogP contribution in [0.1, 0.15) is 142 Å². The summed E-state index contributed by atoms with van der Waals surface area (Å²) in [5.41, 5.74) is 0. The molecule has 0 spiro atoms. The highest BCUT2D eigenvalue weighted by atomic mass is 32.2. The molecule has 1 unspecified atom stereocenters. The van der Waals surface area contributed by atoms with Gasteiger partial charge in [0.2, 0.25) is 0 Å². The Morgan fingerprint density at radius 3 is 1.21 bits per heavy atom. The van der Waals surface area contributed by atoms with Gasteiger partial charge < -0.3 is 5.11 Å². The number of rotatable bonds is 23. The summed E-state index contributed by atoms with van der Waals surface area (Å²) in [5.74, 6) is -0.196. The van der Waals surface area contributed by atoms with Crippen molar-refractivity contribution < 1.29 is 18.1 Å². The van der Waals surface area contributed by atoms with Gasteiger partial charge >= 0.3 is 0 Å². The fraction of sp³-hybridized carbons (Fsp3) is 1.00. The minimum absolute atomic E-state index is 0.196. The molecule has 2 N–H and O–H groups in total. The molecular weight excluding hydrogens is 384 g/mol. The third kappa shape index (κ3) is 25.8. The van der Waals surface area contributed by atoms with Crippen LogP contribution < -0.4 is 0 Å². The fourth-order valence-electron chi connectivity index (χ4n) is 3.91. The van der Waals surface area contributed by atoms with Gasteiger partial charge in [-0.15, -0.1) is 0 Å². The zero-order chi connectivity index (χ0) is 21.6. The van der Waals surface area contributed by atoms with E-state index in [0.29, 0.717) is 19.3 Å². The SMILES string of the molecule is CCCCCCCCCCCCCCCCCCCC(O)CCCCS(=O)(=O)O. The van der Waals surface area contributed by atoms with Gasteiger partial charge in [-0.1, -0.05) is 116 Å². The van der Waals surface area contributed by atoms with Crippen molar-refractivity contribution in [1.82, 2.24) is 0 Å². The maximum atomic E-state index is 10.6. The molecule has 176 valence electrons. The quantitative estimate of drug-likeness (QED) is 0.129. The molecule has 0 saturated heterocycles. The first kappa shape index (κ1) is 28.9. The van der Waals surface area contributed by atoms with Gasteiger partial charge in [0.05, 0.1) is 11.9 Å². The molecular formula is C24H50O4S. The predicted molar refractivity (Wildman–Crippen MR) is 125 cm³/mol. The first-order valence-electron chi connectivity index (χ1n) is 12.6. The Labute approximate surface area is 182 Å². The van der Waals surface area contributed by atoms with Crippen LogP contribution in [0.4, 0.5) is 0 Å². The maximum absolute atomic E-state index is 10.6. The fourth-order valence-corrected chi connectivity index (χ4v) is 4.48. The van der Waals surface area contributed by atoms with E-state index >= 15 is 0 Å². The highest BCUT2D eigenvalue weighted by molar-refractivity contribution is 7.85. The highest BCUT2D eigenvalue weighted by Crippen LogP contribution is 2.15. The zero-order valence-electron chi connectivity index (χ0n) is 19.3. The second-order valence-electron chi connectivity index (χ2n) is 8.88. The minimum atomic E-state index is -3.85. The summed E-state index contributed by atoms with van der Waals surface area (Å²) in [7, 11) is -3.85. The molecule has 0 aromatic rings. The third-order valence-electron chi connectivity index (χ3n) is 5.83. The van der Waals surface area contributed by atoms with Gasteiger partial charge in [0, 0.05) is 0 Å². The molecule has 0 heterocycles. The van der Waals surface area contributed by atoms with Gasteiger partial charge in [-0.25, -0.2) is 0 Å². The number of aliphatic hydroxyl groups excluding tert-OH is 1. The standard InChI is InChI=1S/C24H50O4S/c1-2-3-4-5-6-7-8-9-10-11-12-13-14-15-16-17-18-21-24(25)22-19-20-23-29(26,27)28/h24-25H,2-23H2,1H3,(H,26,27,28). The molecule has 5 heteroatoms. The third-order valence-corrected chi connectivity index (χ3v) is 6.64. The average molecular weight is 435 g/mol. The molecule has 0 aliphatic heterocycles. The van der Waals surface area contributed by atoms with Crippen LogP contribution in [-0.2, 0) is 10.1 Å². The summed E-state index contributed by atoms with van der Waals surface area (Å²) in [4.78, 5) is 0. The van der Waals surface area contributed by atoms with Crippen LogP contribution in [0.2, 0.25) is 0 Å². The van der Waals surface area contributed by atoms with Crippen molar-refractivity contribution in [3.05, 3.63) is 0 Å². The summed E-state index contributed by atoms with van der Waals surface area (Å²) < 4.78 is 29.9. The van der Waals surface area contributed by atoms with Crippen LogP contribution in [0.25, 0.3) is 0 Å². The van der Waals surface area contributed by atoms with Crippen molar-refractivity contribution in [2.75, 3.05) is 5.75 Å². The topological polar surface area (TPSA) is 74.6 Å². The molecule has 0 fully saturated rings. The van der Waals surface area contributed by atoms with Crippen LogP contribution in [0, 0.1) is 0 Å². The van der Waals surface area contributed by atoms with E-state index in [9.17, 15) is 13.5 Å². The minimum Gasteiger partial charge on any atom is -0.393 e. The Morgan fingerprint density at radius 2 is 0.862 bits per heavy atom. The van der Waals surface area contributed by atoms with E-state index in [-0.39, 0.29) is 11.9 Å². The smallest absolute Gasteiger partial charge is 0.264 e. The summed E-state index contributed by atoms with van der Waals surface area (Å²) in [6.45, 7) is 2.27. The molecule has 4 nitrogen and oxygen atoms in total. The summed E-state index contributed by atoms with van der Waals surface area (Å²) >= 11 is 0. The van der Waals surface area contributed by atoms with Gasteiger partial charge in [0.15, 0.2) is 0 Å². The normalized spacial score (nSPS) is 13.1. The van der Waals surface area contributed by atoms with Gasteiger partial charge in [-0.3, -0.25) is 4.55 Å². The van der Waals surface area contributed by atoms with Gasteiger partial charge in [-0.2, -0.15) is 8.42 Å². The van der Waals surface area contributed by atoms with Crippen LogP contribution in [-0.4, -0.2) is 29.9 Å². The lowest BCUT2D eigenvalue weighted by molar-refractivity contribution is 0.148. The molecule has 0 aliphatic carbocycles. The van der Waals surface area contributed by atoms with Crippen molar-refractivity contribution >= 4 is 10.1 Å². The Kier molecular flexibility index (Phi) is 21.0. The van der Waals surface area contributed by atoms with E-state index in [1.807, 2.05) is 0 Å². The highest BCUT2D eigenvalue weighted by Gasteiger charge is 2.07. The first-order chi connectivity index (χ1) is 14.0. The van der Waals surface area contributed by atoms with E-state index in [0.717, 1.165) is 12.8 Å². The van der Waals surface area contributed by atoms with Crippen molar-refractivity contribution in [2.45, 2.75) is 148 Å². The van der Waals surface area contributed by atoms with Crippen molar-refractivity contribution in [1.29, 1.82) is 0 Å². The maximum Gasteiger partial charge on any atom is 0.264 e. The zero-order valence-corrected chi connectivity index (χ0v) is 20.1. The number of hydrogen-bond donors (Lipinski definition) is 2. The van der Waals surface area contributed by atoms with Crippen molar-refractivity contribution in [2.24, 2.45) is 0 Å². The Bertz CT molecular complexity index is 423. The molecule has 0 aromatic heterocycles. The molecule has 0 bridgehead atoms. The lowest BCUT2D eigenvalue weighted by Crippen LogP contribution is -2.08. The monoisotopic (exact) mass is 434 g/mol. The Hall–Kier alpha value is -0.130. The van der Waals surface area contributed by atoms with Crippen LogP contribution in [0.3, 0.4) is 0 Å².